The first-order valence-electron chi connectivity index (χ1n) is 5.06. The van der Waals surface area contributed by atoms with Gasteiger partial charge in [-0.3, -0.25) is 9.89 Å². The van der Waals surface area contributed by atoms with Crippen molar-refractivity contribution in [2.45, 2.75) is 6.92 Å². The second-order valence-corrected chi connectivity index (χ2v) is 4.13. The second kappa shape index (κ2) is 4.66. The van der Waals surface area contributed by atoms with Crippen LogP contribution in [-0.2, 0) is 0 Å². The molecule has 1 aromatic heterocycles. The molecule has 0 aliphatic carbocycles. The van der Waals surface area contributed by atoms with Gasteiger partial charge in [-0.05, 0) is 25.1 Å². The van der Waals surface area contributed by atoms with Gasteiger partial charge in [0.25, 0.3) is 5.91 Å². The zero-order valence-electron chi connectivity index (χ0n) is 9.42. The Kier molecular flexibility index (Phi) is 3.20. The molecule has 94 valence electrons. The van der Waals surface area contributed by atoms with Crippen molar-refractivity contribution in [2.24, 2.45) is 0 Å². The molecule has 7 heteroatoms. The van der Waals surface area contributed by atoms with Crippen molar-refractivity contribution in [2.75, 3.05) is 11.1 Å². The number of anilines is 2. The van der Waals surface area contributed by atoms with E-state index in [0.29, 0.717) is 10.7 Å². The van der Waals surface area contributed by atoms with E-state index in [-0.39, 0.29) is 17.1 Å². The molecule has 5 nitrogen and oxygen atoms in total. The van der Waals surface area contributed by atoms with Crippen LogP contribution in [0, 0.1) is 12.7 Å². The van der Waals surface area contributed by atoms with Gasteiger partial charge in [0.05, 0.1) is 17.1 Å². The molecular weight excluding hydrogens is 259 g/mol. The van der Waals surface area contributed by atoms with Crippen LogP contribution in [0.1, 0.15) is 16.2 Å². The number of carbonyl (C=O) groups is 1. The monoisotopic (exact) mass is 268 g/mol. The molecule has 1 amide bonds. The summed E-state index contributed by atoms with van der Waals surface area (Å²) in [7, 11) is 0. The van der Waals surface area contributed by atoms with Crippen LogP contribution < -0.4 is 11.1 Å². The average Bonchev–Trinajstić information content (AvgIpc) is 2.65. The van der Waals surface area contributed by atoms with Gasteiger partial charge in [0.1, 0.15) is 5.82 Å². The molecule has 0 aliphatic rings. The van der Waals surface area contributed by atoms with Crippen molar-refractivity contribution >= 4 is 28.9 Å². The Hall–Kier alpha value is -2.08. The standard InChI is InChI=1S/C11H10ClFN4O/c1-5-9(14)10(17-16-5)11(18)15-8-4-6(12)2-3-7(8)13/h2-4H,14H2,1H3,(H,15,18)(H,16,17). The molecule has 1 aromatic carbocycles. The highest BCUT2D eigenvalue weighted by Crippen LogP contribution is 2.21. The summed E-state index contributed by atoms with van der Waals surface area (Å²) in [5.74, 6) is -1.18. The Morgan fingerprint density at radius 2 is 2.28 bits per heavy atom. The third kappa shape index (κ3) is 2.28. The molecule has 2 aromatic rings. The zero-order valence-corrected chi connectivity index (χ0v) is 10.2. The SMILES string of the molecule is Cc1[nH]nc(C(=O)Nc2cc(Cl)ccc2F)c1N. The molecule has 0 unspecified atom stereocenters. The predicted octanol–water partition coefficient (Wildman–Crippen LogP) is 2.35. The number of amides is 1. The van der Waals surface area contributed by atoms with Crippen LogP contribution in [0.5, 0.6) is 0 Å². The number of hydrogen-bond donors (Lipinski definition) is 3. The minimum atomic E-state index is -0.599. The summed E-state index contributed by atoms with van der Waals surface area (Å²) in [6, 6.07) is 3.86. The Morgan fingerprint density at radius 3 is 2.89 bits per heavy atom. The number of hydrogen-bond acceptors (Lipinski definition) is 3. The zero-order chi connectivity index (χ0) is 13.3. The van der Waals surface area contributed by atoms with Crippen LogP contribution in [0.4, 0.5) is 15.8 Å². The maximum atomic E-state index is 13.4. The van der Waals surface area contributed by atoms with Crippen LogP contribution in [0.2, 0.25) is 5.02 Å². The summed E-state index contributed by atoms with van der Waals surface area (Å²) in [4.78, 5) is 11.8. The highest BCUT2D eigenvalue weighted by atomic mass is 35.5. The van der Waals surface area contributed by atoms with E-state index < -0.39 is 11.7 Å². The molecule has 0 saturated heterocycles. The highest BCUT2D eigenvalue weighted by Gasteiger charge is 2.16. The van der Waals surface area contributed by atoms with Gasteiger partial charge in [-0.2, -0.15) is 5.10 Å². The van der Waals surface area contributed by atoms with E-state index in [1.165, 1.54) is 12.1 Å². The minimum absolute atomic E-state index is 0.0203. The van der Waals surface area contributed by atoms with Crippen molar-refractivity contribution in [1.82, 2.24) is 10.2 Å². The summed E-state index contributed by atoms with van der Waals surface area (Å²) >= 11 is 5.72. The number of nitrogen functional groups attached to an aromatic ring is 1. The molecule has 0 bridgehead atoms. The molecule has 2 rings (SSSR count). The van der Waals surface area contributed by atoms with E-state index in [2.05, 4.69) is 15.5 Å². The first-order chi connectivity index (χ1) is 8.49. The number of halogens is 2. The number of aromatic amines is 1. The Balaban J connectivity index is 2.27. The van der Waals surface area contributed by atoms with Gasteiger partial charge < -0.3 is 11.1 Å². The van der Waals surface area contributed by atoms with Gasteiger partial charge in [0.2, 0.25) is 0 Å². The molecule has 0 radical (unpaired) electrons. The third-order valence-electron chi connectivity index (χ3n) is 2.39. The van der Waals surface area contributed by atoms with Crippen molar-refractivity contribution in [3.8, 4) is 0 Å². The largest absolute Gasteiger partial charge is 0.395 e. The van der Waals surface area contributed by atoms with Crippen LogP contribution in [0.15, 0.2) is 18.2 Å². The maximum Gasteiger partial charge on any atom is 0.278 e. The van der Waals surface area contributed by atoms with E-state index in [1.54, 1.807) is 6.92 Å². The third-order valence-corrected chi connectivity index (χ3v) is 2.62. The number of carbonyl (C=O) groups excluding carboxylic acids is 1. The lowest BCUT2D eigenvalue weighted by Gasteiger charge is -2.05. The van der Waals surface area contributed by atoms with Crippen molar-refractivity contribution in [1.29, 1.82) is 0 Å². The van der Waals surface area contributed by atoms with E-state index in [4.69, 9.17) is 17.3 Å². The number of benzene rings is 1. The first-order valence-corrected chi connectivity index (χ1v) is 5.43. The summed E-state index contributed by atoms with van der Waals surface area (Å²) < 4.78 is 13.4. The fourth-order valence-electron chi connectivity index (χ4n) is 1.39. The molecule has 0 aliphatic heterocycles. The lowest BCUT2D eigenvalue weighted by Crippen LogP contribution is -2.15. The average molecular weight is 269 g/mol. The van der Waals surface area contributed by atoms with Crippen molar-refractivity contribution in [3.05, 3.63) is 40.4 Å². The summed E-state index contributed by atoms with van der Waals surface area (Å²) in [5, 5.41) is 9.00. The predicted molar refractivity (Wildman–Crippen MR) is 67.1 cm³/mol. The van der Waals surface area contributed by atoms with Gasteiger partial charge >= 0.3 is 0 Å². The van der Waals surface area contributed by atoms with Crippen LogP contribution >= 0.6 is 11.6 Å². The van der Waals surface area contributed by atoms with Gasteiger partial charge in [0.15, 0.2) is 5.69 Å². The smallest absolute Gasteiger partial charge is 0.278 e. The Labute approximate surface area is 107 Å². The normalized spacial score (nSPS) is 10.4. The van der Waals surface area contributed by atoms with E-state index in [1.807, 2.05) is 0 Å². The lowest BCUT2D eigenvalue weighted by molar-refractivity contribution is 0.102. The van der Waals surface area contributed by atoms with E-state index in [0.717, 1.165) is 6.07 Å². The van der Waals surface area contributed by atoms with Gasteiger partial charge in [-0.15, -0.1) is 0 Å². The number of nitrogens with one attached hydrogen (secondary N) is 2. The lowest BCUT2D eigenvalue weighted by atomic mass is 10.2. The molecule has 1 heterocycles. The number of nitrogens with zero attached hydrogens (tertiary/aromatic N) is 1. The van der Waals surface area contributed by atoms with Gasteiger partial charge in [-0.25, -0.2) is 4.39 Å². The molecule has 0 fully saturated rings. The van der Waals surface area contributed by atoms with Gasteiger partial charge in [-0.1, -0.05) is 11.6 Å². The Morgan fingerprint density at radius 1 is 1.56 bits per heavy atom. The maximum absolute atomic E-state index is 13.4. The molecular formula is C11H10ClFN4O. The van der Waals surface area contributed by atoms with Crippen molar-refractivity contribution < 1.29 is 9.18 Å². The Bertz CT molecular complexity index is 611. The number of nitrogens with two attached hydrogens (primary N) is 1. The highest BCUT2D eigenvalue weighted by molar-refractivity contribution is 6.31. The summed E-state index contributed by atoms with van der Waals surface area (Å²) in [6.45, 7) is 1.68. The van der Waals surface area contributed by atoms with E-state index >= 15 is 0 Å². The van der Waals surface area contributed by atoms with Crippen molar-refractivity contribution in [3.63, 3.8) is 0 Å². The van der Waals surface area contributed by atoms with Gasteiger partial charge in [0, 0.05) is 5.02 Å². The molecule has 18 heavy (non-hydrogen) atoms. The summed E-state index contributed by atoms with van der Waals surface area (Å²) in [6.07, 6.45) is 0. The summed E-state index contributed by atoms with van der Waals surface area (Å²) in [5.41, 5.74) is 6.46. The fraction of sp³-hybridized carbons (Fsp3) is 0.0909. The molecule has 0 atom stereocenters. The fourth-order valence-corrected chi connectivity index (χ4v) is 1.56. The molecule has 4 N–H and O–H groups in total. The van der Waals surface area contributed by atoms with Crippen LogP contribution in [-0.4, -0.2) is 16.1 Å². The minimum Gasteiger partial charge on any atom is -0.395 e. The quantitative estimate of drug-likeness (QED) is 0.782. The molecule has 0 saturated carbocycles. The number of aromatic nitrogens is 2. The second-order valence-electron chi connectivity index (χ2n) is 3.69. The van der Waals surface area contributed by atoms with E-state index in [9.17, 15) is 9.18 Å². The number of H-pyrrole nitrogens is 1. The van der Waals surface area contributed by atoms with Crippen LogP contribution in [0.3, 0.4) is 0 Å². The first kappa shape index (κ1) is 12.4. The molecule has 0 spiro atoms. The topological polar surface area (TPSA) is 83.8 Å². The number of aryl methyl sites for hydroxylation is 1. The number of rotatable bonds is 2. The van der Waals surface area contributed by atoms with Crippen LogP contribution in [0.25, 0.3) is 0 Å².